The second kappa shape index (κ2) is 9.29. The van der Waals surface area contributed by atoms with Gasteiger partial charge in [0.1, 0.15) is 5.82 Å². The van der Waals surface area contributed by atoms with Crippen LogP contribution in [0.1, 0.15) is 25.5 Å². The molecular weight excluding hydrogens is 418 g/mol. The van der Waals surface area contributed by atoms with E-state index in [1.807, 2.05) is 25.1 Å². The Kier molecular flexibility index (Phi) is 6.06. The van der Waals surface area contributed by atoms with Crippen molar-refractivity contribution in [1.29, 1.82) is 0 Å². The number of nitrogens with one attached hydrogen (secondary N) is 2. The third-order valence-corrected chi connectivity index (χ3v) is 6.34. The van der Waals surface area contributed by atoms with Crippen molar-refractivity contribution in [3.63, 3.8) is 0 Å². The topological polar surface area (TPSA) is 95.5 Å². The van der Waals surface area contributed by atoms with Crippen molar-refractivity contribution >= 4 is 23.2 Å². The molecule has 33 heavy (non-hydrogen) atoms. The Balaban J connectivity index is 1.36. The highest BCUT2D eigenvalue weighted by atomic mass is 16.5. The fourth-order valence-electron chi connectivity index (χ4n) is 4.61. The number of ether oxygens (including phenoxy) is 1. The summed E-state index contributed by atoms with van der Waals surface area (Å²) in [6.07, 6.45) is 5.74. The Labute approximate surface area is 193 Å². The number of Topliss-reactive ketones (excluding diaryl/α,β-unsaturated/α-hetero) is 1. The van der Waals surface area contributed by atoms with Crippen molar-refractivity contribution in [3.8, 4) is 0 Å². The monoisotopic (exact) mass is 447 g/mol. The van der Waals surface area contributed by atoms with Gasteiger partial charge in [0.05, 0.1) is 43.0 Å². The summed E-state index contributed by atoms with van der Waals surface area (Å²) >= 11 is 0. The molecule has 0 bridgehead atoms. The van der Waals surface area contributed by atoms with Crippen LogP contribution in [0.4, 0.5) is 17.5 Å². The maximum absolute atomic E-state index is 12.8. The highest BCUT2D eigenvalue weighted by molar-refractivity contribution is 5.98. The van der Waals surface area contributed by atoms with Gasteiger partial charge in [-0.05, 0) is 37.6 Å². The molecule has 2 fully saturated rings. The lowest BCUT2D eigenvalue weighted by Gasteiger charge is -2.33. The van der Waals surface area contributed by atoms with Gasteiger partial charge in [0.15, 0.2) is 5.78 Å². The standard InChI is InChI=1S/C24H29N7O2/c1-16-13-19(17(2)23-21(32)15-25-7-8-31(16)23)20-5-6-26-24(29-20)28-18-3-4-22(27-14-18)30-9-11-33-12-10-30/h3-6,13-14,19,25H,7-12,15H2,1-2H3,(H,26,28,29). The van der Waals surface area contributed by atoms with E-state index in [0.717, 1.165) is 73.6 Å². The Morgan fingerprint density at radius 2 is 1.97 bits per heavy atom. The Hall–Kier alpha value is -3.30. The van der Waals surface area contributed by atoms with Crippen LogP contribution in [-0.2, 0) is 9.53 Å². The van der Waals surface area contributed by atoms with Crippen molar-refractivity contribution in [1.82, 2.24) is 25.2 Å². The zero-order valence-electron chi connectivity index (χ0n) is 19.0. The van der Waals surface area contributed by atoms with Crippen LogP contribution in [0.2, 0.25) is 0 Å². The molecule has 0 saturated carbocycles. The van der Waals surface area contributed by atoms with Crippen molar-refractivity contribution in [3.05, 3.63) is 59.3 Å². The zero-order chi connectivity index (χ0) is 22.8. The first-order chi connectivity index (χ1) is 16.1. The van der Waals surface area contributed by atoms with Gasteiger partial charge in [-0.3, -0.25) is 4.79 Å². The van der Waals surface area contributed by atoms with E-state index in [2.05, 4.69) is 43.4 Å². The van der Waals surface area contributed by atoms with E-state index < -0.39 is 0 Å². The van der Waals surface area contributed by atoms with Crippen LogP contribution in [0.5, 0.6) is 0 Å². The summed E-state index contributed by atoms with van der Waals surface area (Å²) in [6.45, 7) is 9.19. The lowest BCUT2D eigenvalue weighted by Crippen LogP contribution is -2.36. The summed E-state index contributed by atoms with van der Waals surface area (Å²) in [5, 5.41) is 6.47. The van der Waals surface area contributed by atoms with E-state index in [1.54, 1.807) is 12.4 Å². The molecule has 0 aliphatic carbocycles. The average molecular weight is 448 g/mol. The van der Waals surface area contributed by atoms with Gasteiger partial charge in [0, 0.05) is 44.0 Å². The number of morpholine rings is 1. The Bertz CT molecular complexity index is 1090. The largest absolute Gasteiger partial charge is 0.378 e. The second-order valence-corrected chi connectivity index (χ2v) is 8.50. The van der Waals surface area contributed by atoms with Crippen LogP contribution >= 0.6 is 0 Å². The number of aromatic nitrogens is 3. The van der Waals surface area contributed by atoms with Crippen molar-refractivity contribution in [2.24, 2.45) is 0 Å². The van der Waals surface area contributed by atoms with E-state index in [0.29, 0.717) is 12.5 Å². The molecule has 9 nitrogen and oxygen atoms in total. The minimum absolute atomic E-state index is 0.0660. The SMILES string of the molecule is CC1=CC(c2ccnc(Nc3ccc(N4CCOCC4)nc3)n2)C(C)=C2C(=O)CNCCN12. The highest BCUT2D eigenvalue weighted by Crippen LogP contribution is 2.36. The lowest BCUT2D eigenvalue weighted by molar-refractivity contribution is -0.115. The van der Waals surface area contributed by atoms with Gasteiger partial charge in [-0.2, -0.15) is 0 Å². The van der Waals surface area contributed by atoms with Gasteiger partial charge in [-0.25, -0.2) is 15.0 Å². The smallest absolute Gasteiger partial charge is 0.227 e. The lowest BCUT2D eigenvalue weighted by atomic mass is 9.89. The number of anilines is 3. The van der Waals surface area contributed by atoms with Gasteiger partial charge >= 0.3 is 0 Å². The summed E-state index contributed by atoms with van der Waals surface area (Å²) < 4.78 is 5.41. The quantitative estimate of drug-likeness (QED) is 0.731. The van der Waals surface area contributed by atoms with Crippen LogP contribution < -0.4 is 15.5 Å². The minimum Gasteiger partial charge on any atom is -0.378 e. The van der Waals surface area contributed by atoms with Gasteiger partial charge < -0.3 is 25.2 Å². The third-order valence-electron chi connectivity index (χ3n) is 6.34. The predicted molar refractivity (Wildman–Crippen MR) is 126 cm³/mol. The fourth-order valence-corrected chi connectivity index (χ4v) is 4.61. The van der Waals surface area contributed by atoms with E-state index in [1.165, 1.54) is 0 Å². The first-order valence-corrected chi connectivity index (χ1v) is 11.4. The third kappa shape index (κ3) is 4.46. The van der Waals surface area contributed by atoms with Crippen LogP contribution in [0.25, 0.3) is 0 Å². The molecule has 2 aromatic rings. The number of hydrogen-bond acceptors (Lipinski definition) is 9. The molecule has 5 rings (SSSR count). The molecular formula is C24H29N7O2. The summed E-state index contributed by atoms with van der Waals surface area (Å²) in [5.74, 6) is 1.51. The molecule has 5 heterocycles. The molecule has 0 amide bonds. The molecule has 1 atom stereocenters. The molecule has 2 saturated heterocycles. The molecule has 1 unspecified atom stereocenters. The first kappa shape index (κ1) is 21.5. The molecule has 2 N–H and O–H groups in total. The Morgan fingerprint density at radius 3 is 2.76 bits per heavy atom. The van der Waals surface area contributed by atoms with Crippen molar-refractivity contribution in [2.75, 3.05) is 56.2 Å². The summed E-state index contributed by atoms with van der Waals surface area (Å²) in [7, 11) is 0. The van der Waals surface area contributed by atoms with Crippen LogP contribution in [0.15, 0.2) is 53.6 Å². The highest BCUT2D eigenvalue weighted by Gasteiger charge is 2.31. The van der Waals surface area contributed by atoms with E-state index in [4.69, 9.17) is 9.72 Å². The maximum atomic E-state index is 12.8. The maximum Gasteiger partial charge on any atom is 0.227 e. The second-order valence-electron chi connectivity index (χ2n) is 8.50. The molecule has 9 heteroatoms. The molecule has 0 radical (unpaired) electrons. The van der Waals surface area contributed by atoms with E-state index in [9.17, 15) is 4.79 Å². The number of allylic oxidation sites excluding steroid dienone is 3. The van der Waals surface area contributed by atoms with Crippen LogP contribution in [0.3, 0.4) is 0 Å². The summed E-state index contributed by atoms with van der Waals surface area (Å²) in [6, 6.07) is 5.90. The number of carbonyl (C=O) groups excluding carboxylic acids is 1. The van der Waals surface area contributed by atoms with Gasteiger partial charge in [0.25, 0.3) is 0 Å². The number of rotatable bonds is 4. The summed E-state index contributed by atoms with van der Waals surface area (Å²) in [4.78, 5) is 30.9. The minimum atomic E-state index is -0.0660. The number of carbonyl (C=O) groups is 1. The number of ketones is 1. The van der Waals surface area contributed by atoms with Crippen molar-refractivity contribution < 1.29 is 9.53 Å². The fraction of sp³-hybridized carbons (Fsp3) is 0.417. The molecule has 172 valence electrons. The van der Waals surface area contributed by atoms with Gasteiger partial charge in [-0.15, -0.1) is 0 Å². The average Bonchev–Trinajstić information content (AvgIpc) is 3.05. The normalized spacial score (nSPS) is 21.5. The molecule has 0 spiro atoms. The van der Waals surface area contributed by atoms with Crippen molar-refractivity contribution in [2.45, 2.75) is 19.8 Å². The number of pyridine rings is 1. The molecule has 3 aliphatic heterocycles. The number of nitrogens with zero attached hydrogens (tertiary/aromatic N) is 5. The zero-order valence-corrected chi connectivity index (χ0v) is 19.0. The van der Waals surface area contributed by atoms with Gasteiger partial charge in [-0.1, -0.05) is 6.08 Å². The molecule has 2 aromatic heterocycles. The molecule has 3 aliphatic rings. The Morgan fingerprint density at radius 1 is 1.12 bits per heavy atom. The number of fused-ring (bicyclic) bond motifs is 1. The van der Waals surface area contributed by atoms with E-state index >= 15 is 0 Å². The van der Waals surface area contributed by atoms with Crippen LogP contribution in [-0.4, -0.2) is 71.6 Å². The van der Waals surface area contributed by atoms with Crippen LogP contribution in [0, 0.1) is 0 Å². The van der Waals surface area contributed by atoms with E-state index in [-0.39, 0.29) is 11.7 Å². The number of hydrogen-bond donors (Lipinski definition) is 2. The first-order valence-electron chi connectivity index (χ1n) is 11.4. The predicted octanol–water partition coefficient (Wildman–Crippen LogP) is 2.20. The van der Waals surface area contributed by atoms with Gasteiger partial charge in [0.2, 0.25) is 5.95 Å². The summed E-state index contributed by atoms with van der Waals surface area (Å²) in [5.41, 5.74) is 4.58. The molecule has 0 aromatic carbocycles.